The number of aromatic nitrogens is 1. The van der Waals surface area contributed by atoms with Crippen LogP contribution in [0, 0.1) is 0 Å². The molecule has 0 aliphatic carbocycles. The van der Waals surface area contributed by atoms with E-state index in [2.05, 4.69) is 0 Å². The van der Waals surface area contributed by atoms with Gasteiger partial charge in [-0.15, -0.1) is 0 Å². The molecule has 27 heavy (non-hydrogen) atoms. The normalized spacial score (nSPS) is 16.3. The first-order chi connectivity index (χ1) is 13.2. The Bertz CT molecular complexity index is 734. The minimum atomic E-state index is -0.286. The zero-order valence-electron chi connectivity index (χ0n) is 15.7. The molecule has 144 valence electrons. The molecule has 0 radical (unpaired) electrons. The Morgan fingerprint density at radius 1 is 1.22 bits per heavy atom. The molecule has 0 N–H and O–H groups in total. The largest absolute Gasteiger partial charge is 0.466 e. The van der Waals surface area contributed by atoms with Gasteiger partial charge in [0.1, 0.15) is 0 Å². The zero-order chi connectivity index (χ0) is 19.1. The maximum Gasteiger partial charge on any atom is 0.307 e. The molecule has 6 heteroatoms. The van der Waals surface area contributed by atoms with Crippen LogP contribution in [-0.4, -0.2) is 53.8 Å². The highest BCUT2D eigenvalue weighted by Gasteiger charge is 2.24. The Balaban J connectivity index is 1.69. The quantitative estimate of drug-likeness (QED) is 0.670. The van der Waals surface area contributed by atoms with Crippen molar-refractivity contribution in [2.45, 2.75) is 32.3 Å². The monoisotopic (exact) mass is 370 g/mol. The Morgan fingerprint density at radius 2 is 1.96 bits per heavy atom. The molecule has 2 heterocycles. The van der Waals surface area contributed by atoms with Crippen molar-refractivity contribution in [3.8, 4) is 5.69 Å². The molecule has 1 saturated heterocycles. The molecule has 1 aromatic heterocycles. The van der Waals surface area contributed by atoms with Gasteiger partial charge in [0.15, 0.2) is 0 Å². The molecule has 0 saturated carbocycles. The lowest BCUT2D eigenvalue weighted by molar-refractivity contribution is -0.143. The predicted octanol–water partition coefficient (Wildman–Crippen LogP) is 3.05. The van der Waals surface area contributed by atoms with Crippen LogP contribution in [0.25, 0.3) is 5.69 Å². The summed E-state index contributed by atoms with van der Waals surface area (Å²) in [6.07, 6.45) is 6.09. The fourth-order valence-electron chi connectivity index (χ4n) is 3.23. The molecule has 1 amide bonds. The van der Waals surface area contributed by atoms with Gasteiger partial charge in [-0.1, -0.05) is 0 Å². The molecule has 1 aliphatic rings. The Hall–Kier alpha value is -2.60. The van der Waals surface area contributed by atoms with Crippen LogP contribution in [0.1, 0.15) is 36.5 Å². The summed E-state index contributed by atoms with van der Waals surface area (Å²) in [5.74, 6) is -0.376. The van der Waals surface area contributed by atoms with Crippen LogP contribution in [0.15, 0.2) is 48.8 Å². The van der Waals surface area contributed by atoms with E-state index in [1.807, 2.05) is 53.4 Å². The number of carbonyl (C=O) groups is 2. The van der Waals surface area contributed by atoms with E-state index in [0.717, 1.165) is 25.1 Å². The van der Waals surface area contributed by atoms with Crippen molar-refractivity contribution in [3.05, 3.63) is 54.4 Å². The lowest BCUT2D eigenvalue weighted by Crippen LogP contribution is -2.39. The number of nitrogens with zero attached hydrogens (tertiary/aromatic N) is 2. The molecule has 0 spiro atoms. The smallest absolute Gasteiger partial charge is 0.307 e. The second-order valence-electron chi connectivity index (χ2n) is 6.58. The van der Waals surface area contributed by atoms with Crippen LogP contribution >= 0.6 is 0 Å². The summed E-state index contributed by atoms with van der Waals surface area (Å²) in [6, 6.07) is 11.4. The van der Waals surface area contributed by atoms with Crippen LogP contribution in [0.4, 0.5) is 0 Å². The van der Waals surface area contributed by atoms with E-state index < -0.39 is 0 Å². The second kappa shape index (κ2) is 9.37. The number of amides is 1. The van der Waals surface area contributed by atoms with E-state index >= 15 is 0 Å². The Morgan fingerprint density at radius 3 is 2.59 bits per heavy atom. The van der Waals surface area contributed by atoms with Crippen molar-refractivity contribution in [2.75, 3.05) is 26.3 Å². The minimum absolute atomic E-state index is 0.0373. The molecule has 1 aliphatic heterocycles. The van der Waals surface area contributed by atoms with E-state index in [0.29, 0.717) is 25.3 Å². The molecule has 1 aromatic carbocycles. The van der Waals surface area contributed by atoms with Crippen LogP contribution in [0.2, 0.25) is 0 Å². The van der Waals surface area contributed by atoms with Crippen molar-refractivity contribution in [2.24, 2.45) is 0 Å². The van der Waals surface area contributed by atoms with Gasteiger partial charge in [0.05, 0.1) is 19.1 Å². The molecule has 0 bridgehead atoms. The predicted molar refractivity (Wildman–Crippen MR) is 102 cm³/mol. The van der Waals surface area contributed by atoms with Gasteiger partial charge in [-0.2, -0.15) is 0 Å². The first kappa shape index (κ1) is 19.2. The first-order valence-corrected chi connectivity index (χ1v) is 9.47. The molecule has 6 nitrogen and oxygen atoms in total. The second-order valence-corrected chi connectivity index (χ2v) is 6.58. The molecular weight excluding hydrogens is 344 g/mol. The number of ether oxygens (including phenoxy) is 2. The summed E-state index contributed by atoms with van der Waals surface area (Å²) < 4.78 is 12.7. The molecular formula is C21H26N2O4. The number of hydrogen-bond donors (Lipinski definition) is 0. The Kier molecular flexibility index (Phi) is 6.65. The summed E-state index contributed by atoms with van der Waals surface area (Å²) in [4.78, 5) is 26.4. The van der Waals surface area contributed by atoms with Crippen molar-refractivity contribution >= 4 is 11.9 Å². The number of rotatable bonds is 8. The van der Waals surface area contributed by atoms with Crippen LogP contribution in [0.3, 0.4) is 0 Å². The van der Waals surface area contributed by atoms with Crippen molar-refractivity contribution < 1.29 is 19.1 Å². The third-order valence-electron chi connectivity index (χ3n) is 4.64. The van der Waals surface area contributed by atoms with Gasteiger partial charge in [0.25, 0.3) is 5.91 Å². The SMILES string of the molecule is CCOC(=O)CCN(CC1CCCO1)C(=O)c1ccc(-n2cccc2)cc1. The third-order valence-corrected chi connectivity index (χ3v) is 4.64. The number of carbonyl (C=O) groups excluding carboxylic acids is 2. The maximum atomic E-state index is 13.0. The van der Waals surface area contributed by atoms with Gasteiger partial charge < -0.3 is 18.9 Å². The van der Waals surface area contributed by atoms with Gasteiger partial charge in [0, 0.05) is 43.3 Å². The molecule has 2 aromatic rings. The van der Waals surface area contributed by atoms with Gasteiger partial charge in [-0.3, -0.25) is 9.59 Å². The van der Waals surface area contributed by atoms with Gasteiger partial charge in [-0.05, 0) is 56.2 Å². The molecule has 1 atom stereocenters. The van der Waals surface area contributed by atoms with E-state index in [9.17, 15) is 9.59 Å². The number of benzene rings is 1. The highest BCUT2D eigenvalue weighted by Crippen LogP contribution is 2.17. The summed E-state index contributed by atoms with van der Waals surface area (Å²) >= 11 is 0. The molecule has 1 fully saturated rings. The summed E-state index contributed by atoms with van der Waals surface area (Å²) in [5.41, 5.74) is 1.60. The minimum Gasteiger partial charge on any atom is -0.466 e. The van der Waals surface area contributed by atoms with Gasteiger partial charge in [0.2, 0.25) is 0 Å². The summed E-state index contributed by atoms with van der Waals surface area (Å²) in [5, 5.41) is 0. The molecule has 3 rings (SSSR count). The topological polar surface area (TPSA) is 60.8 Å². The first-order valence-electron chi connectivity index (χ1n) is 9.47. The molecule has 1 unspecified atom stereocenters. The highest BCUT2D eigenvalue weighted by molar-refractivity contribution is 5.94. The van der Waals surface area contributed by atoms with Gasteiger partial charge >= 0.3 is 5.97 Å². The van der Waals surface area contributed by atoms with Crippen LogP contribution < -0.4 is 0 Å². The lowest BCUT2D eigenvalue weighted by atomic mass is 10.1. The summed E-state index contributed by atoms with van der Waals surface area (Å²) in [7, 11) is 0. The maximum absolute atomic E-state index is 13.0. The van der Waals surface area contributed by atoms with Crippen molar-refractivity contribution in [1.29, 1.82) is 0 Å². The van der Waals surface area contributed by atoms with Crippen LogP contribution in [0.5, 0.6) is 0 Å². The third kappa shape index (κ3) is 5.20. The Labute approximate surface area is 159 Å². The fourth-order valence-corrected chi connectivity index (χ4v) is 3.23. The summed E-state index contributed by atoms with van der Waals surface area (Å²) in [6.45, 7) is 3.68. The average Bonchev–Trinajstić information content (AvgIpc) is 3.39. The van der Waals surface area contributed by atoms with E-state index in [1.165, 1.54) is 0 Å². The van der Waals surface area contributed by atoms with E-state index in [-0.39, 0.29) is 24.4 Å². The van der Waals surface area contributed by atoms with Crippen molar-refractivity contribution in [1.82, 2.24) is 9.47 Å². The average molecular weight is 370 g/mol. The van der Waals surface area contributed by atoms with Crippen molar-refractivity contribution in [3.63, 3.8) is 0 Å². The zero-order valence-corrected chi connectivity index (χ0v) is 15.7. The van der Waals surface area contributed by atoms with Crippen LogP contribution in [-0.2, 0) is 14.3 Å². The number of hydrogen-bond acceptors (Lipinski definition) is 4. The number of esters is 1. The van der Waals surface area contributed by atoms with E-state index in [1.54, 1.807) is 11.8 Å². The highest BCUT2D eigenvalue weighted by atomic mass is 16.5. The lowest BCUT2D eigenvalue weighted by Gasteiger charge is -2.25. The fraction of sp³-hybridized carbons (Fsp3) is 0.429. The standard InChI is InChI=1S/C21H26N2O4/c1-2-26-20(24)11-14-23(16-19-6-5-15-27-19)21(25)17-7-9-18(10-8-17)22-12-3-4-13-22/h3-4,7-10,12-13,19H,2,5-6,11,14-16H2,1H3. The van der Waals surface area contributed by atoms with E-state index in [4.69, 9.17) is 9.47 Å². The van der Waals surface area contributed by atoms with Gasteiger partial charge in [-0.25, -0.2) is 0 Å².